The summed E-state index contributed by atoms with van der Waals surface area (Å²) in [4.78, 5) is 11.6. The summed E-state index contributed by atoms with van der Waals surface area (Å²) < 4.78 is 5.07. The predicted molar refractivity (Wildman–Crippen MR) is 57.2 cm³/mol. The smallest absolute Gasteiger partial charge is 0.341 e. The van der Waals surface area contributed by atoms with Crippen molar-refractivity contribution < 1.29 is 9.53 Å². The highest BCUT2D eigenvalue weighted by Gasteiger charge is 2.16. The number of rotatable bonds is 3. The van der Waals surface area contributed by atoms with E-state index in [0.717, 1.165) is 6.42 Å². The first-order valence-corrected chi connectivity index (χ1v) is 5.20. The van der Waals surface area contributed by atoms with Crippen LogP contribution < -0.4 is 0 Å². The lowest BCUT2D eigenvalue weighted by Crippen LogP contribution is -2.15. The molecule has 0 amide bonds. The Balaban J connectivity index is 2.86. The Hall–Kier alpha value is -0.870. The molecular weight excluding hydrogens is 239 g/mol. The molecule has 0 spiro atoms. The van der Waals surface area contributed by atoms with Crippen LogP contribution in [0.3, 0.4) is 0 Å². The zero-order chi connectivity index (χ0) is 11.4. The zero-order valence-electron chi connectivity index (χ0n) is 8.33. The van der Waals surface area contributed by atoms with E-state index < -0.39 is 5.97 Å². The van der Waals surface area contributed by atoms with Crippen molar-refractivity contribution >= 4 is 29.2 Å². The fraction of sp³-hybridized carbons (Fsp3) is 0.444. The van der Waals surface area contributed by atoms with Crippen molar-refractivity contribution in [3.63, 3.8) is 0 Å². The standard InChI is InChI=1S/C9H10Cl2N2O2/c1-3-5(2)15-9(14)6-4-7(10)12-13-8(6)11/h4-5H,3H2,1-2H3. The molecule has 0 saturated carbocycles. The zero-order valence-corrected chi connectivity index (χ0v) is 9.84. The van der Waals surface area contributed by atoms with Gasteiger partial charge in [-0.1, -0.05) is 30.1 Å². The summed E-state index contributed by atoms with van der Waals surface area (Å²) in [6.45, 7) is 3.71. The summed E-state index contributed by atoms with van der Waals surface area (Å²) in [6.07, 6.45) is 0.566. The van der Waals surface area contributed by atoms with Crippen LogP contribution in [-0.2, 0) is 4.74 Å². The van der Waals surface area contributed by atoms with E-state index in [-0.39, 0.29) is 22.0 Å². The maximum absolute atomic E-state index is 11.6. The van der Waals surface area contributed by atoms with Crippen LogP contribution in [0.1, 0.15) is 30.6 Å². The summed E-state index contributed by atoms with van der Waals surface area (Å²) in [5.74, 6) is -0.536. The Bertz CT molecular complexity index is 371. The first kappa shape index (κ1) is 12.2. The van der Waals surface area contributed by atoms with Crippen LogP contribution in [0.2, 0.25) is 10.3 Å². The van der Waals surface area contributed by atoms with Crippen LogP contribution in [0, 0.1) is 0 Å². The van der Waals surface area contributed by atoms with Crippen LogP contribution in [0.25, 0.3) is 0 Å². The van der Waals surface area contributed by atoms with Gasteiger partial charge in [-0.2, -0.15) is 0 Å². The summed E-state index contributed by atoms with van der Waals surface area (Å²) in [7, 11) is 0. The van der Waals surface area contributed by atoms with Gasteiger partial charge in [-0.05, 0) is 19.4 Å². The molecule has 1 atom stereocenters. The lowest BCUT2D eigenvalue weighted by molar-refractivity contribution is 0.0334. The second kappa shape index (κ2) is 5.28. The van der Waals surface area contributed by atoms with Crippen molar-refractivity contribution in [3.8, 4) is 0 Å². The molecule has 1 aromatic heterocycles. The number of carbonyl (C=O) groups excluding carboxylic acids is 1. The second-order valence-electron chi connectivity index (χ2n) is 3.00. The van der Waals surface area contributed by atoms with E-state index in [2.05, 4.69) is 10.2 Å². The molecule has 82 valence electrons. The molecule has 0 bridgehead atoms. The van der Waals surface area contributed by atoms with Gasteiger partial charge in [-0.3, -0.25) is 0 Å². The predicted octanol–water partition coefficient (Wildman–Crippen LogP) is 2.74. The molecule has 1 unspecified atom stereocenters. The SMILES string of the molecule is CCC(C)OC(=O)c1cc(Cl)nnc1Cl. The Morgan fingerprint density at radius 2 is 2.20 bits per heavy atom. The van der Waals surface area contributed by atoms with Crippen molar-refractivity contribution in [2.75, 3.05) is 0 Å². The van der Waals surface area contributed by atoms with E-state index in [1.54, 1.807) is 6.92 Å². The number of hydrogen-bond acceptors (Lipinski definition) is 4. The third kappa shape index (κ3) is 3.32. The Kier molecular flexibility index (Phi) is 4.29. The first-order valence-electron chi connectivity index (χ1n) is 4.44. The highest BCUT2D eigenvalue weighted by Crippen LogP contribution is 2.17. The van der Waals surface area contributed by atoms with Gasteiger partial charge in [0.15, 0.2) is 10.3 Å². The third-order valence-corrected chi connectivity index (χ3v) is 2.29. The van der Waals surface area contributed by atoms with Crippen LogP contribution in [0.15, 0.2) is 6.07 Å². The van der Waals surface area contributed by atoms with Gasteiger partial charge in [0.1, 0.15) is 5.56 Å². The molecule has 0 fully saturated rings. The maximum atomic E-state index is 11.6. The molecule has 0 aliphatic heterocycles. The molecule has 4 nitrogen and oxygen atoms in total. The number of aromatic nitrogens is 2. The van der Waals surface area contributed by atoms with Crippen LogP contribution in [-0.4, -0.2) is 22.3 Å². The average molecular weight is 249 g/mol. The minimum Gasteiger partial charge on any atom is -0.459 e. The van der Waals surface area contributed by atoms with E-state index in [0.29, 0.717) is 0 Å². The summed E-state index contributed by atoms with van der Waals surface area (Å²) in [5, 5.41) is 7.11. The largest absolute Gasteiger partial charge is 0.459 e. The van der Waals surface area contributed by atoms with Crippen molar-refractivity contribution in [2.24, 2.45) is 0 Å². The molecule has 15 heavy (non-hydrogen) atoms. The summed E-state index contributed by atoms with van der Waals surface area (Å²) >= 11 is 11.3. The molecule has 6 heteroatoms. The molecule has 0 radical (unpaired) electrons. The van der Waals surface area contributed by atoms with Crippen LogP contribution in [0.4, 0.5) is 0 Å². The molecule has 0 saturated heterocycles. The van der Waals surface area contributed by atoms with Crippen molar-refractivity contribution in [2.45, 2.75) is 26.4 Å². The fourth-order valence-corrected chi connectivity index (χ4v) is 1.14. The highest BCUT2D eigenvalue weighted by molar-refractivity contribution is 6.33. The Morgan fingerprint density at radius 3 is 2.80 bits per heavy atom. The summed E-state index contributed by atoms with van der Waals surface area (Å²) in [5.41, 5.74) is 0.136. The lowest BCUT2D eigenvalue weighted by atomic mass is 10.3. The molecule has 1 rings (SSSR count). The van der Waals surface area contributed by atoms with E-state index in [1.165, 1.54) is 6.07 Å². The van der Waals surface area contributed by atoms with Gasteiger partial charge in [0.2, 0.25) is 0 Å². The number of nitrogens with zero attached hydrogens (tertiary/aromatic N) is 2. The van der Waals surface area contributed by atoms with Crippen LogP contribution in [0.5, 0.6) is 0 Å². The topological polar surface area (TPSA) is 52.1 Å². The number of halogens is 2. The third-order valence-electron chi connectivity index (χ3n) is 1.82. The van der Waals surface area contributed by atoms with Gasteiger partial charge in [-0.15, -0.1) is 10.2 Å². The summed E-state index contributed by atoms with van der Waals surface area (Å²) in [6, 6.07) is 1.33. The quantitative estimate of drug-likeness (QED) is 0.773. The minimum absolute atomic E-state index is 0.00676. The maximum Gasteiger partial charge on any atom is 0.341 e. The van der Waals surface area contributed by atoms with Crippen molar-refractivity contribution in [1.82, 2.24) is 10.2 Å². The number of carbonyl (C=O) groups is 1. The van der Waals surface area contributed by atoms with Crippen molar-refractivity contribution in [3.05, 3.63) is 21.9 Å². The highest BCUT2D eigenvalue weighted by atomic mass is 35.5. The average Bonchev–Trinajstić information content (AvgIpc) is 2.21. The van der Waals surface area contributed by atoms with Gasteiger partial charge in [-0.25, -0.2) is 4.79 Å². The van der Waals surface area contributed by atoms with E-state index in [9.17, 15) is 4.79 Å². The molecule has 0 N–H and O–H groups in total. The number of hydrogen-bond donors (Lipinski definition) is 0. The van der Waals surface area contributed by atoms with E-state index >= 15 is 0 Å². The number of esters is 1. The Labute approximate surface area is 97.5 Å². The normalized spacial score (nSPS) is 12.3. The molecule has 0 aliphatic carbocycles. The second-order valence-corrected chi connectivity index (χ2v) is 3.74. The van der Waals surface area contributed by atoms with E-state index in [1.807, 2.05) is 6.92 Å². The van der Waals surface area contributed by atoms with Gasteiger partial charge < -0.3 is 4.74 Å². The fourth-order valence-electron chi connectivity index (χ4n) is 0.826. The lowest BCUT2D eigenvalue weighted by Gasteiger charge is -2.10. The number of ether oxygens (including phenoxy) is 1. The molecule has 0 aromatic carbocycles. The minimum atomic E-state index is -0.536. The molecule has 1 aromatic rings. The molecule has 0 aliphatic rings. The van der Waals surface area contributed by atoms with Gasteiger partial charge in [0.25, 0.3) is 0 Å². The van der Waals surface area contributed by atoms with Gasteiger partial charge in [0.05, 0.1) is 6.10 Å². The van der Waals surface area contributed by atoms with Crippen LogP contribution >= 0.6 is 23.2 Å². The van der Waals surface area contributed by atoms with E-state index in [4.69, 9.17) is 27.9 Å². The molecule has 1 heterocycles. The van der Waals surface area contributed by atoms with Crippen molar-refractivity contribution in [1.29, 1.82) is 0 Å². The Morgan fingerprint density at radius 1 is 1.53 bits per heavy atom. The molecular formula is C9H10Cl2N2O2. The first-order chi connectivity index (χ1) is 7.04. The van der Waals surface area contributed by atoms with Gasteiger partial charge in [0, 0.05) is 0 Å². The monoisotopic (exact) mass is 248 g/mol. The van der Waals surface area contributed by atoms with Gasteiger partial charge >= 0.3 is 5.97 Å².